The normalized spacial score (nSPS) is 15.4. The number of ether oxygens (including phenoxy) is 1. The molecule has 1 N–H and O–H groups in total. The third-order valence-corrected chi connectivity index (χ3v) is 5.94. The first-order valence-corrected chi connectivity index (χ1v) is 11.3. The molecule has 2 heterocycles. The summed E-state index contributed by atoms with van der Waals surface area (Å²) < 4.78 is 24.2. The zero-order chi connectivity index (χ0) is 23.2. The van der Waals surface area contributed by atoms with Crippen LogP contribution in [0.4, 0.5) is 4.39 Å². The monoisotopic (exact) mass is 472 g/mol. The summed E-state index contributed by atoms with van der Waals surface area (Å²) >= 11 is 6.04. The minimum Gasteiger partial charge on any atom is -0.379 e. The molecule has 174 valence electrons. The second-order valence-electron chi connectivity index (χ2n) is 8.00. The molecule has 1 atom stereocenters. The third-order valence-electron chi connectivity index (χ3n) is 5.68. The average molecular weight is 473 g/mol. The van der Waals surface area contributed by atoms with Gasteiger partial charge in [-0.1, -0.05) is 28.9 Å². The smallest absolute Gasteiger partial charge is 0.227 e. The highest BCUT2D eigenvalue weighted by molar-refractivity contribution is 6.30. The summed E-state index contributed by atoms with van der Waals surface area (Å²) in [6, 6.07) is 12.4. The van der Waals surface area contributed by atoms with Gasteiger partial charge in [-0.25, -0.2) is 4.39 Å². The van der Waals surface area contributed by atoms with Gasteiger partial charge in [0.1, 0.15) is 5.82 Å². The maximum absolute atomic E-state index is 13.5. The number of nitrogens with zero attached hydrogens (tertiary/aromatic N) is 3. The molecular formula is C24H26ClFN4O3. The van der Waals surface area contributed by atoms with Crippen molar-refractivity contribution in [1.29, 1.82) is 0 Å². The molecule has 0 spiro atoms. The second-order valence-corrected chi connectivity index (χ2v) is 8.43. The van der Waals surface area contributed by atoms with Crippen LogP contribution in [0.15, 0.2) is 47.0 Å². The lowest BCUT2D eigenvalue weighted by Gasteiger charge is -2.35. The number of benzene rings is 2. The number of carbonyl (C=O) groups is 1. The Kier molecular flexibility index (Phi) is 7.69. The zero-order valence-electron chi connectivity index (χ0n) is 18.4. The molecule has 1 aliphatic rings. The van der Waals surface area contributed by atoms with Gasteiger partial charge in [-0.3, -0.25) is 9.69 Å². The first-order valence-electron chi connectivity index (χ1n) is 10.9. The van der Waals surface area contributed by atoms with E-state index in [2.05, 4.69) is 20.4 Å². The first kappa shape index (κ1) is 23.4. The topological polar surface area (TPSA) is 80.5 Å². The van der Waals surface area contributed by atoms with Crippen LogP contribution in [-0.2, 0) is 16.0 Å². The molecule has 1 saturated heterocycles. The van der Waals surface area contributed by atoms with Crippen LogP contribution in [-0.4, -0.2) is 53.8 Å². The Morgan fingerprint density at radius 1 is 1.21 bits per heavy atom. The van der Waals surface area contributed by atoms with Crippen LogP contribution in [0.25, 0.3) is 11.4 Å². The lowest BCUT2D eigenvalue weighted by molar-refractivity contribution is -0.121. The highest BCUT2D eigenvalue weighted by Crippen LogP contribution is 2.23. The van der Waals surface area contributed by atoms with Gasteiger partial charge < -0.3 is 14.6 Å². The van der Waals surface area contributed by atoms with E-state index in [0.717, 1.165) is 18.7 Å². The van der Waals surface area contributed by atoms with Gasteiger partial charge in [0.05, 0.1) is 19.3 Å². The Morgan fingerprint density at radius 3 is 2.70 bits per heavy atom. The second kappa shape index (κ2) is 10.9. The van der Waals surface area contributed by atoms with E-state index in [4.69, 9.17) is 20.9 Å². The maximum atomic E-state index is 13.5. The predicted octanol–water partition coefficient (Wildman–Crippen LogP) is 3.96. The molecule has 4 rings (SSSR count). The van der Waals surface area contributed by atoms with Gasteiger partial charge in [0, 0.05) is 43.1 Å². The first-order chi connectivity index (χ1) is 16.0. The van der Waals surface area contributed by atoms with Gasteiger partial charge in [0.25, 0.3) is 0 Å². The Balaban J connectivity index is 1.33. The van der Waals surface area contributed by atoms with Gasteiger partial charge in [-0.15, -0.1) is 0 Å². The van der Waals surface area contributed by atoms with Crippen molar-refractivity contribution in [1.82, 2.24) is 20.4 Å². The number of hydrogen-bond donors (Lipinski definition) is 1. The number of hydrogen-bond acceptors (Lipinski definition) is 6. The summed E-state index contributed by atoms with van der Waals surface area (Å²) in [7, 11) is 0. The minimum atomic E-state index is -0.284. The lowest BCUT2D eigenvalue weighted by Crippen LogP contribution is -2.43. The van der Waals surface area contributed by atoms with Crippen molar-refractivity contribution in [2.45, 2.75) is 25.8 Å². The van der Waals surface area contributed by atoms with Crippen molar-refractivity contribution >= 4 is 17.5 Å². The molecule has 1 fully saturated rings. The summed E-state index contributed by atoms with van der Waals surface area (Å²) in [6.45, 7) is 5.10. The van der Waals surface area contributed by atoms with Crippen molar-refractivity contribution in [2.24, 2.45) is 0 Å². The highest BCUT2D eigenvalue weighted by atomic mass is 35.5. The molecule has 1 aromatic heterocycles. The quantitative estimate of drug-likeness (QED) is 0.534. The zero-order valence-corrected chi connectivity index (χ0v) is 19.1. The van der Waals surface area contributed by atoms with E-state index < -0.39 is 0 Å². The van der Waals surface area contributed by atoms with E-state index in [1.54, 1.807) is 19.1 Å². The van der Waals surface area contributed by atoms with E-state index in [9.17, 15) is 9.18 Å². The van der Waals surface area contributed by atoms with Crippen molar-refractivity contribution in [2.75, 3.05) is 32.8 Å². The number of halogens is 2. The van der Waals surface area contributed by atoms with E-state index >= 15 is 0 Å². The van der Waals surface area contributed by atoms with Crippen LogP contribution in [0.5, 0.6) is 0 Å². The number of aromatic nitrogens is 2. The molecule has 0 radical (unpaired) electrons. The Bertz CT molecular complexity index is 1080. The lowest BCUT2D eigenvalue weighted by atomic mass is 10.0. The number of morpholine rings is 1. The molecule has 33 heavy (non-hydrogen) atoms. The molecule has 0 saturated carbocycles. The largest absolute Gasteiger partial charge is 0.379 e. The van der Waals surface area contributed by atoms with E-state index in [1.807, 2.05) is 24.3 Å². The van der Waals surface area contributed by atoms with Crippen LogP contribution >= 0.6 is 11.6 Å². The van der Waals surface area contributed by atoms with Crippen molar-refractivity contribution in [3.63, 3.8) is 0 Å². The van der Waals surface area contributed by atoms with E-state index in [-0.39, 0.29) is 24.2 Å². The summed E-state index contributed by atoms with van der Waals surface area (Å²) in [5, 5.41) is 7.66. The number of aryl methyl sites for hydroxylation is 2. The van der Waals surface area contributed by atoms with Crippen molar-refractivity contribution in [3.8, 4) is 11.4 Å². The fourth-order valence-corrected chi connectivity index (χ4v) is 3.93. The minimum absolute atomic E-state index is 0.0341. The highest BCUT2D eigenvalue weighted by Gasteiger charge is 2.23. The molecule has 3 aromatic rings. The summed E-state index contributed by atoms with van der Waals surface area (Å²) in [5.74, 6) is 0.362. The third kappa shape index (κ3) is 6.16. The summed E-state index contributed by atoms with van der Waals surface area (Å²) in [5.41, 5.74) is 2.27. The van der Waals surface area contributed by atoms with Crippen molar-refractivity contribution < 1.29 is 18.4 Å². The maximum Gasteiger partial charge on any atom is 0.227 e. The molecule has 2 aromatic carbocycles. The fourth-order valence-electron chi connectivity index (χ4n) is 3.81. The van der Waals surface area contributed by atoms with Crippen LogP contribution in [0.2, 0.25) is 5.02 Å². The Hall–Kier alpha value is -2.81. The van der Waals surface area contributed by atoms with Crippen LogP contribution < -0.4 is 5.32 Å². The number of amides is 1. The predicted molar refractivity (Wildman–Crippen MR) is 122 cm³/mol. The van der Waals surface area contributed by atoms with Crippen LogP contribution in [0.3, 0.4) is 0 Å². The number of rotatable bonds is 8. The average Bonchev–Trinajstić information content (AvgIpc) is 3.30. The van der Waals surface area contributed by atoms with Crippen LogP contribution in [0.1, 0.15) is 29.5 Å². The van der Waals surface area contributed by atoms with Gasteiger partial charge in [-0.2, -0.15) is 4.98 Å². The van der Waals surface area contributed by atoms with E-state index in [1.165, 1.54) is 6.07 Å². The SMILES string of the molecule is Cc1cc(-c2noc(CCC(=O)NCC(c3ccc(Cl)cc3)N3CCOCC3)n2)ccc1F. The van der Waals surface area contributed by atoms with Gasteiger partial charge in [-0.05, 0) is 48.4 Å². The molecule has 0 aliphatic carbocycles. The molecule has 1 aliphatic heterocycles. The van der Waals surface area contributed by atoms with Gasteiger partial charge in [0.2, 0.25) is 17.6 Å². The van der Waals surface area contributed by atoms with Gasteiger partial charge in [0.15, 0.2) is 0 Å². The fraction of sp³-hybridized carbons (Fsp3) is 0.375. The van der Waals surface area contributed by atoms with Gasteiger partial charge >= 0.3 is 0 Å². The summed E-state index contributed by atoms with van der Waals surface area (Å²) in [6.07, 6.45) is 0.544. The molecule has 7 nitrogen and oxygen atoms in total. The molecule has 0 bridgehead atoms. The molecule has 1 unspecified atom stereocenters. The van der Waals surface area contributed by atoms with E-state index in [0.29, 0.717) is 54.0 Å². The molecule has 9 heteroatoms. The van der Waals surface area contributed by atoms with Crippen molar-refractivity contribution in [3.05, 3.63) is 70.3 Å². The van der Waals surface area contributed by atoms with Crippen LogP contribution in [0, 0.1) is 12.7 Å². The number of carbonyl (C=O) groups excluding carboxylic acids is 1. The standard InChI is InChI=1S/C24H26ClFN4O3/c1-16-14-18(4-7-20(16)26)24-28-23(33-29-24)9-8-22(31)27-15-21(30-10-12-32-13-11-30)17-2-5-19(25)6-3-17/h2-7,14,21H,8-13,15H2,1H3,(H,27,31). The Labute approximate surface area is 196 Å². The molecule has 1 amide bonds. The number of nitrogens with one attached hydrogen (secondary N) is 1. The summed E-state index contributed by atoms with van der Waals surface area (Å²) in [4.78, 5) is 19.2. The molecular weight excluding hydrogens is 447 g/mol. The Morgan fingerprint density at radius 2 is 1.97 bits per heavy atom.